The number of halogens is 6. The molecule has 0 spiro atoms. The van der Waals surface area contributed by atoms with Crippen molar-refractivity contribution in [1.29, 1.82) is 0 Å². The van der Waals surface area contributed by atoms with Gasteiger partial charge in [0.15, 0.2) is 0 Å². The zero-order chi connectivity index (χ0) is 33.6. The average Bonchev–Trinajstić information content (AvgIpc) is 3.82. The highest BCUT2D eigenvalue weighted by atomic mass is 19.4. The number of carbonyl (C=O) groups excluding carboxylic acids is 3. The van der Waals surface area contributed by atoms with E-state index in [4.69, 9.17) is 4.74 Å². The van der Waals surface area contributed by atoms with Crippen molar-refractivity contribution in [3.8, 4) is 11.1 Å². The summed E-state index contributed by atoms with van der Waals surface area (Å²) >= 11 is 0. The summed E-state index contributed by atoms with van der Waals surface area (Å²) in [7, 11) is 0. The lowest BCUT2D eigenvalue weighted by Gasteiger charge is -2.25. The molecule has 3 aromatic rings. The van der Waals surface area contributed by atoms with Crippen molar-refractivity contribution in [2.24, 2.45) is 5.92 Å². The zero-order valence-electron chi connectivity index (χ0n) is 25.3. The normalized spacial score (nSPS) is 19.2. The number of rotatable bonds is 8. The van der Waals surface area contributed by atoms with Gasteiger partial charge in [-0.15, -0.1) is 0 Å². The van der Waals surface area contributed by atoms with Crippen LogP contribution in [0.3, 0.4) is 0 Å². The van der Waals surface area contributed by atoms with E-state index in [2.05, 4.69) is 0 Å². The van der Waals surface area contributed by atoms with Crippen molar-refractivity contribution >= 4 is 17.9 Å². The molecular weight excluding hydrogens is 614 g/mol. The lowest BCUT2D eigenvalue weighted by molar-refractivity contribution is -0.138. The van der Waals surface area contributed by atoms with E-state index in [1.807, 2.05) is 0 Å². The van der Waals surface area contributed by atoms with E-state index in [-0.39, 0.29) is 47.2 Å². The summed E-state index contributed by atoms with van der Waals surface area (Å²) in [4.78, 5) is 41.6. The zero-order valence-corrected chi connectivity index (χ0v) is 25.3. The minimum Gasteiger partial charge on any atom is -0.439 e. The van der Waals surface area contributed by atoms with Crippen LogP contribution in [0.1, 0.15) is 73.5 Å². The Bertz CT molecular complexity index is 1630. The molecule has 3 atom stereocenters. The van der Waals surface area contributed by atoms with Gasteiger partial charge in [-0.3, -0.25) is 9.59 Å². The summed E-state index contributed by atoms with van der Waals surface area (Å²) in [6, 6.07) is 13.6. The van der Waals surface area contributed by atoms with Crippen molar-refractivity contribution in [2.45, 2.75) is 70.6 Å². The van der Waals surface area contributed by atoms with Crippen LogP contribution in [0.4, 0.5) is 31.1 Å². The molecule has 5 rings (SSSR count). The number of carbonyl (C=O) groups is 3. The SMILES string of the molecule is CCN(Cc1cc(C(F)(F)F)ccc1-c1cc(C(C)C(=O)N2C(=O)O[C@@H](c3ccccc3)[C@H]2C)cc(C(F)(F)F)c1)C(=O)C1CC1. The molecule has 2 aliphatic rings. The van der Waals surface area contributed by atoms with E-state index < -0.39 is 53.5 Å². The van der Waals surface area contributed by atoms with Crippen LogP contribution >= 0.6 is 0 Å². The van der Waals surface area contributed by atoms with Crippen molar-refractivity contribution in [3.05, 3.63) is 94.5 Å². The van der Waals surface area contributed by atoms with Gasteiger partial charge in [-0.2, -0.15) is 26.3 Å². The fraction of sp³-hybridized carbons (Fsp3) is 0.382. The predicted molar refractivity (Wildman–Crippen MR) is 156 cm³/mol. The van der Waals surface area contributed by atoms with Gasteiger partial charge in [0, 0.05) is 19.0 Å². The summed E-state index contributed by atoms with van der Waals surface area (Å²) in [5.41, 5.74) is -1.59. The summed E-state index contributed by atoms with van der Waals surface area (Å²) in [6.45, 7) is 4.58. The molecule has 244 valence electrons. The largest absolute Gasteiger partial charge is 0.439 e. The lowest BCUT2D eigenvalue weighted by atomic mass is 9.90. The van der Waals surface area contributed by atoms with E-state index >= 15 is 0 Å². The van der Waals surface area contributed by atoms with Gasteiger partial charge in [0.05, 0.1) is 23.1 Å². The minimum atomic E-state index is -4.87. The number of alkyl halides is 6. The predicted octanol–water partition coefficient (Wildman–Crippen LogP) is 8.36. The van der Waals surface area contributed by atoms with Crippen LogP contribution in [-0.4, -0.2) is 40.3 Å². The third-order valence-electron chi connectivity index (χ3n) is 8.51. The highest BCUT2D eigenvalue weighted by Crippen LogP contribution is 2.41. The Morgan fingerprint density at radius 3 is 2.17 bits per heavy atom. The molecule has 0 N–H and O–H groups in total. The minimum absolute atomic E-state index is 0.0115. The first-order chi connectivity index (χ1) is 21.6. The Hall–Kier alpha value is -4.35. The van der Waals surface area contributed by atoms with Crippen LogP contribution in [-0.2, 0) is 33.2 Å². The third-order valence-corrected chi connectivity index (χ3v) is 8.51. The Kier molecular flexibility index (Phi) is 8.94. The van der Waals surface area contributed by atoms with Crippen LogP contribution in [0.15, 0.2) is 66.7 Å². The monoisotopic (exact) mass is 646 g/mol. The molecule has 6 nitrogen and oxygen atoms in total. The molecule has 0 bridgehead atoms. The molecule has 12 heteroatoms. The number of nitrogens with zero attached hydrogens (tertiary/aromatic N) is 2. The van der Waals surface area contributed by atoms with Gasteiger partial charge in [-0.1, -0.05) is 42.5 Å². The molecular formula is C34H32F6N2O4. The van der Waals surface area contributed by atoms with Gasteiger partial charge >= 0.3 is 18.4 Å². The van der Waals surface area contributed by atoms with Crippen molar-refractivity contribution < 1.29 is 45.5 Å². The molecule has 1 aliphatic carbocycles. The van der Waals surface area contributed by atoms with Gasteiger partial charge in [0.25, 0.3) is 0 Å². The Labute approximate surface area is 261 Å². The standard InChI is InChI=1S/C34H32F6N2O4/c1-4-41(31(44)22-10-11-22)18-25-17-26(33(35,36)37)12-13-28(25)24-14-23(15-27(16-24)34(38,39)40)19(2)30(43)42-20(3)29(46-32(42)45)21-8-6-5-7-9-21/h5-9,12-17,19-20,22,29H,4,10-11,18H2,1-3H3/t19?,20-,29-/m1/s1. The van der Waals surface area contributed by atoms with Crippen LogP contribution in [0.25, 0.3) is 11.1 Å². The average molecular weight is 647 g/mol. The maximum absolute atomic E-state index is 14.2. The molecule has 2 fully saturated rings. The molecule has 1 saturated heterocycles. The van der Waals surface area contributed by atoms with Crippen LogP contribution in [0.2, 0.25) is 0 Å². The first-order valence-electron chi connectivity index (χ1n) is 14.9. The Morgan fingerprint density at radius 1 is 0.935 bits per heavy atom. The second kappa shape index (κ2) is 12.4. The fourth-order valence-corrected chi connectivity index (χ4v) is 5.74. The van der Waals surface area contributed by atoms with Gasteiger partial charge in [0.2, 0.25) is 11.8 Å². The fourth-order valence-electron chi connectivity index (χ4n) is 5.74. The van der Waals surface area contributed by atoms with Gasteiger partial charge in [0.1, 0.15) is 6.10 Å². The highest BCUT2D eigenvalue weighted by Gasteiger charge is 2.45. The topological polar surface area (TPSA) is 66.9 Å². The van der Waals surface area contributed by atoms with Crippen LogP contribution in [0.5, 0.6) is 0 Å². The van der Waals surface area contributed by atoms with E-state index in [0.717, 1.165) is 35.2 Å². The van der Waals surface area contributed by atoms with E-state index in [0.29, 0.717) is 18.4 Å². The third kappa shape index (κ3) is 6.75. The molecule has 0 aromatic heterocycles. The first-order valence-corrected chi connectivity index (χ1v) is 14.9. The number of ether oxygens (including phenoxy) is 1. The summed E-state index contributed by atoms with van der Waals surface area (Å²) in [5.74, 6) is -2.49. The molecule has 1 saturated carbocycles. The number of hydrogen-bond acceptors (Lipinski definition) is 4. The van der Waals surface area contributed by atoms with Gasteiger partial charge in [-0.25, -0.2) is 9.69 Å². The van der Waals surface area contributed by atoms with E-state index in [1.54, 1.807) is 44.2 Å². The molecule has 46 heavy (non-hydrogen) atoms. The Morgan fingerprint density at radius 2 is 1.59 bits per heavy atom. The molecule has 0 radical (unpaired) electrons. The number of amides is 3. The lowest BCUT2D eigenvalue weighted by Crippen LogP contribution is -2.40. The summed E-state index contributed by atoms with van der Waals surface area (Å²) < 4.78 is 89.3. The van der Waals surface area contributed by atoms with Crippen LogP contribution < -0.4 is 0 Å². The quantitative estimate of drug-likeness (QED) is 0.231. The van der Waals surface area contributed by atoms with Crippen molar-refractivity contribution in [2.75, 3.05) is 6.54 Å². The second-order valence-corrected chi connectivity index (χ2v) is 11.7. The number of hydrogen-bond donors (Lipinski definition) is 0. The molecule has 1 aliphatic heterocycles. The van der Waals surface area contributed by atoms with E-state index in [9.17, 15) is 40.7 Å². The van der Waals surface area contributed by atoms with Crippen LogP contribution in [0, 0.1) is 5.92 Å². The maximum atomic E-state index is 14.2. The summed E-state index contributed by atoms with van der Waals surface area (Å²) in [6.07, 6.45) is -9.98. The highest BCUT2D eigenvalue weighted by molar-refractivity contribution is 5.97. The van der Waals surface area contributed by atoms with E-state index in [1.165, 1.54) is 17.9 Å². The number of benzene rings is 3. The number of cyclic esters (lactones) is 1. The number of imide groups is 1. The van der Waals surface area contributed by atoms with Gasteiger partial charge in [-0.05, 0) is 85.7 Å². The smallest absolute Gasteiger partial charge is 0.417 e. The second-order valence-electron chi connectivity index (χ2n) is 11.7. The molecule has 3 amide bonds. The Balaban J connectivity index is 1.55. The molecule has 1 unspecified atom stereocenters. The molecule has 1 heterocycles. The summed E-state index contributed by atoms with van der Waals surface area (Å²) in [5, 5.41) is 0. The maximum Gasteiger partial charge on any atom is 0.417 e. The first kappa shape index (κ1) is 33.0. The van der Waals surface area contributed by atoms with Crippen molar-refractivity contribution in [1.82, 2.24) is 9.80 Å². The van der Waals surface area contributed by atoms with Crippen molar-refractivity contribution in [3.63, 3.8) is 0 Å². The molecule has 3 aromatic carbocycles. The van der Waals surface area contributed by atoms with Gasteiger partial charge < -0.3 is 9.64 Å².